The van der Waals surface area contributed by atoms with E-state index in [-0.39, 0.29) is 5.69 Å². The first-order chi connectivity index (χ1) is 10.9. The quantitative estimate of drug-likeness (QED) is 0.669. The van der Waals surface area contributed by atoms with E-state index in [4.69, 9.17) is 0 Å². The van der Waals surface area contributed by atoms with Crippen molar-refractivity contribution < 1.29 is 13.2 Å². The third kappa shape index (κ3) is 6.52. The molecule has 6 heteroatoms. The van der Waals surface area contributed by atoms with Crippen molar-refractivity contribution in [3.63, 3.8) is 0 Å². The lowest BCUT2D eigenvalue weighted by Gasteiger charge is -2.12. The molecule has 0 radical (unpaired) electrons. The number of nitrogens with one attached hydrogen (secondary N) is 2. The largest absolute Gasteiger partial charge is 0.418 e. The molecule has 0 aliphatic heterocycles. The summed E-state index contributed by atoms with van der Waals surface area (Å²) in [5.41, 5.74) is 0.680. The first-order valence-electron chi connectivity index (χ1n) is 7.28. The molecule has 0 unspecified atom stereocenters. The Morgan fingerprint density at radius 2 is 1.30 bits per heavy atom. The maximum atomic E-state index is 12.3. The summed E-state index contributed by atoms with van der Waals surface area (Å²) < 4.78 is 38.1. The van der Waals surface area contributed by atoms with E-state index in [1.165, 1.54) is 12.1 Å². The molecule has 0 fully saturated rings. The molecule has 126 valence electrons. The van der Waals surface area contributed by atoms with E-state index in [2.05, 4.69) is 33.5 Å². The lowest BCUT2D eigenvalue weighted by Crippen LogP contribution is -2.10. The molecule has 2 N–H and O–H groups in total. The van der Waals surface area contributed by atoms with Crippen LogP contribution in [0.3, 0.4) is 0 Å². The number of anilines is 2. The highest BCUT2D eigenvalue weighted by atomic mass is 79.9. The van der Waals surface area contributed by atoms with Gasteiger partial charge in [-0.3, -0.25) is 0 Å². The Hall–Kier alpha value is -1.69. The van der Waals surface area contributed by atoms with Gasteiger partial charge in [0.05, 0.1) is 5.56 Å². The second-order valence-corrected chi connectivity index (χ2v) is 5.44. The van der Waals surface area contributed by atoms with Crippen molar-refractivity contribution >= 4 is 27.3 Å². The predicted octanol–water partition coefficient (Wildman–Crippen LogP) is 6.02. The van der Waals surface area contributed by atoms with Crippen molar-refractivity contribution in [2.24, 2.45) is 0 Å². The molecule has 2 aromatic rings. The Kier molecular flexibility index (Phi) is 7.95. The average Bonchev–Trinajstić information content (AvgIpc) is 2.50. The molecule has 0 aliphatic carbocycles. The fourth-order valence-electron chi connectivity index (χ4n) is 1.87. The SMILES string of the molecule is CCNc1ccccc1Br.CCNc1ccccc1C(F)(F)F. The Labute approximate surface area is 143 Å². The highest BCUT2D eigenvalue weighted by Crippen LogP contribution is 2.34. The van der Waals surface area contributed by atoms with Crippen molar-refractivity contribution in [2.45, 2.75) is 20.0 Å². The van der Waals surface area contributed by atoms with E-state index in [9.17, 15) is 13.2 Å². The molecule has 0 bridgehead atoms. The zero-order valence-electron chi connectivity index (χ0n) is 13.0. The van der Waals surface area contributed by atoms with E-state index in [1.54, 1.807) is 13.0 Å². The molecule has 0 atom stereocenters. The smallest absolute Gasteiger partial charge is 0.385 e. The first-order valence-corrected chi connectivity index (χ1v) is 8.07. The molecular formula is C17H20BrF3N2. The van der Waals surface area contributed by atoms with Gasteiger partial charge in [0.25, 0.3) is 0 Å². The highest BCUT2D eigenvalue weighted by Gasteiger charge is 2.32. The zero-order chi connectivity index (χ0) is 17.3. The van der Waals surface area contributed by atoms with Crippen molar-refractivity contribution in [3.05, 3.63) is 58.6 Å². The lowest BCUT2D eigenvalue weighted by atomic mass is 10.1. The van der Waals surface area contributed by atoms with Crippen LogP contribution in [0.25, 0.3) is 0 Å². The first kappa shape index (κ1) is 19.4. The summed E-state index contributed by atoms with van der Waals surface area (Å²) in [7, 11) is 0. The molecular weight excluding hydrogens is 369 g/mol. The molecule has 2 rings (SSSR count). The maximum absolute atomic E-state index is 12.3. The average molecular weight is 389 g/mol. The van der Waals surface area contributed by atoms with Crippen molar-refractivity contribution in [2.75, 3.05) is 23.7 Å². The van der Waals surface area contributed by atoms with Crippen molar-refractivity contribution in [1.82, 2.24) is 0 Å². The normalized spacial score (nSPS) is 10.5. The summed E-state index contributed by atoms with van der Waals surface area (Å²) in [5.74, 6) is 0. The highest BCUT2D eigenvalue weighted by molar-refractivity contribution is 9.10. The summed E-state index contributed by atoms with van der Waals surface area (Å²) in [6, 6.07) is 13.5. The van der Waals surface area contributed by atoms with Gasteiger partial charge < -0.3 is 10.6 Å². The minimum absolute atomic E-state index is 0.137. The molecule has 0 spiro atoms. The van der Waals surface area contributed by atoms with Gasteiger partial charge in [0, 0.05) is 28.9 Å². The molecule has 2 nitrogen and oxygen atoms in total. The van der Waals surface area contributed by atoms with Gasteiger partial charge in [-0.1, -0.05) is 24.3 Å². The van der Waals surface area contributed by atoms with Crippen LogP contribution >= 0.6 is 15.9 Å². The van der Waals surface area contributed by atoms with Gasteiger partial charge in [0.1, 0.15) is 0 Å². The molecule has 0 amide bonds. The number of hydrogen-bond donors (Lipinski definition) is 2. The minimum Gasteiger partial charge on any atom is -0.385 e. The number of halogens is 4. The van der Waals surface area contributed by atoms with Crippen LogP contribution < -0.4 is 10.6 Å². The molecule has 0 aromatic heterocycles. The van der Waals surface area contributed by atoms with Gasteiger partial charge in [-0.05, 0) is 54.0 Å². The van der Waals surface area contributed by atoms with Crippen LogP contribution in [0.4, 0.5) is 24.5 Å². The molecule has 0 saturated carbocycles. The number of hydrogen-bond acceptors (Lipinski definition) is 2. The van der Waals surface area contributed by atoms with Crippen LogP contribution in [-0.4, -0.2) is 13.1 Å². The van der Waals surface area contributed by atoms with Crippen LogP contribution in [-0.2, 0) is 6.18 Å². The standard InChI is InChI=1S/C9H10F3N.C8H10BrN/c1-2-13-8-6-4-3-5-7(8)9(10,11)12;1-2-10-8-6-4-3-5-7(8)9/h3-6,13H,2H2,1H3;3-6,10H,2H2,1H3. The van der Waals surface area contributed by atoms with Gasteiger partial charge >= 0.3 is 6.18 Å². The topological polar surface area (TPSA) is 24.1 Å². The zero-order valence-corrected chi connectivity index (χ0v) is 14.6. The van der Waals surface area contributed by atoms with Gasteiger partial charge in [-0.25, -0.2) is 0 Å². The maximum Gasteiger partial charge on any atom is 0.418 e. The second kappa shape index (κ2) is 9.45. The fraction of sp³-hybridized carbons (Fsp3) is 0.294. The summed E-state index contributed by atoms with van der Waals surface area (Å²) in [6.45, 7) is 5.28. The molecule has 23 heavy (non-hydrogen) atoms. The Bertz CT molecular complexity index is 600. The second-order valence-electron chi connectivity index (χ2n) is 4.58. The summed E-state index contributed by atoms with van der Waals surface area (Å²) in [4.78, 5) is 0. The molecule has 0 heterocycles. The van der Waals surface area contributed by atoms with Gasteiger partial charge in [-0.2, -0.15) is 13.2 Å². The Balaban J connectivity index is 0.000000238. The Morgan fingerprint density at radius 1 is 0.826 bits per heavy atom. The fourth-order valence-corrected chi connectivity index (χ4v) is 2.29. The van der Waals surface area contributed by atoms with Crippen LogP contribution in [0.1, 0.15) is 19.4 Å². The lowest BCUT2D eigenvalue weighted by molar-refractivity contribution is -0.136. The van der Waals surface area contributed by atoms with Crippen molar-refractivity contribution in [1.29, 1.82) is 0 Å². The summed E-state index contributed by atoms with van der Waals surface area (Å²) in [6.07, 6.45) is -4.28. The van der Waals surface area contributed by atoms with Crippen LogP contribution in [0.2, 0.25) is 0 Å². The third-order valence-electron chi connectivity index (χ3n) is 2.84. The number of benzene rings is 2. The Morgan fingerprint density at radius 3 is 1.83 bits per heavy atom. The number of rotatable bonds is 4. The van der Waals surface area contributed by atoms with Crippen LogP contribution in [0.5, 0.6) is 0 Å². The van der Waals surface area contributed by atoms with E-state index in [0.29, 0.717) is 6.54 Å². The summed E-state index contributed by atoms with van der Waals surface area (Å²) >= 11 is 3.43. The van der Waals surface area contributed by atoms with Crippen molar-refractivity contribution in [3.8, 4) is 0 Å². The molecule has 0 aliphatic rings. The third-order valence-corrected chi connectivity index (χ3v) is 3.53. The van der Waals surface area contributed by atoms with E-state index < -0.39 is 11.7 Å². The summed E-state index contributed by atoms with van der Waals surface area (Å²) in [5, 5.41) is 5.89. The van der Waals surface area contributed by atoms with Gasteiger partial charge in [0.2, 0.25) is 0 Å². The van der Waals surface area contributed by atoms with Crippen LogP contribution in [0.15, 0.2) is 53.0 Å². The molecule has 2 aromatic carbocycles. The van der Waals surface area contributed by atoms with E-state index >= 15 is 0 Å². The number of alkyl halides is 3. The van der Waals surface area contributed by atoms with Gasteiger partial charge in [0.15, 0.2) is 0 Å². The van der Waals surface area contributed by atoms with E-state index in [0.717, 1.165) is 22.8 Å². The monoisotopic (exact) mass is 388 g/mol. The van der Waals surface area contributed by atoms with Gasteiger partial charge in [-0.15, -0.1) is 0 Å². The predicted molar refractivity (Wildman–Crippen MR) is 93.9 cm³/mol. The van der Waals surface area contributed by atoms with E-state index in [1.807, 2.05) is 24.3 Å². The van der Waals surface area contributed by atoms with Crippen LogP contribution in [0, 0.1) is 0 Å². The molecule has 0 saturated heterocycles. The minimum atomic E-state index is -4.28. The number of para-hydroxylation sites is 2.